The lowest BCUT2D eigenvalue weighted by Crippen LogP contribution is -2.39. The first-order valence-corrected chi connectivity index (χ1v) is 9.82. The Hall–Kier alpha value is -1.48. The molecule has 1 amide bonds. The van der Waals surface area contributed by atoms with Gasteiger partial charge >= 0.3 is 0 Å². The monoisotopic (exact) mass is 360 g/mol. The second-order valence-electron chi connectivity index (χ2n) is 7.66. The standard InChI is InChI=1S/C21H29ClN2O/c1-14-4-5-17(10-14)21(25)24-8-6-16(7-9-24)11-18-12-19(22)13-20(23-3)15(18)2/h11-14,17,23H,4-10H2,1-3H3. The van der Waals surface area contributed by atoms with E-state index in [1.54, 1.807) is 0 Å². The summed E-state index contributed by atoms with van der Waals surface area (Å²) in [5.41, 5.74) is 4.88. The number of hydrogen-bond donors (Lipinski definition) is 1. The molecule has 136 valence electrons. The number of nitrogens with zero attached hydrogens (tertiary/aromatic N) is 1. The van der Waals surface area contributed by atoms with E-state index in [0.717, 1.165) is 49.5 Å². The van der Waals surface area contributed by atoms with E-state index >= 15 is 0 Å². The summed E-state index contributed by atoms with van der Waals surface area (Å²) in [6.45, 7) is 6.09. The van der Waals surface area contributed by atoms with Crippen molar-refractivity contribution in [2.45, 2.75) is 46.0 Å². The van der Waals surface area contributed by atoms with Gasteiger partial charge in [-0.3, -0.25) is 4.79 Å². The predicted molar refractivity (Wildman–Crippen MR) is 106 cm³/mol. The number of likely N-dealkylation sites (tertiary alicyclic amines) is 1. The summed E-state index contributed by atoms with van der Waals surface area (Å²) in [7, 11) is 1.92. The van der Waals surface area contributed by atoms with Crippen LogP contribution >= 0.6 is 11.6 Å². The molecular weight excluding hydrogens is 332 g/mol. The molecule has 3 nitrogen and oxygen atoms in total. The molecule has 2 aliphatic rings. The fraction of sp³-hybridized carbons (Fsp3) is 0.571. The zero-order valence-electron chi connectivity index (χ0n) is 15.6. The van der Waals surface area contributed by atoms with Crippen LogP contribution < -0.4 is 5.32 Å². The summed E-state index contributed by atoms with van der Waals surface area (Å²) >= 11 is 6.25. The van der Waals surface area contributed by atoms with E-state index in [2.05, 4.69) is 30.1 Å². The van der Waals surface area contributed by atoms with Gasteiger partial charge in [-0.2, -0.15) is 0 Å². The fourth-order valence-corrected chi connectivity index (χ4v) is 4.40. The lowest BCUT2D eigenvalue weighted by atomic mass is 9.96. The zero-order chi connectivity index (χ0) is 18.0. The lowest BCUT2D eigenvalue weighted by Gasteiger charge is -2.31. The number of anilines is 1. The SMILES string of the molecule is CNc1cc(Cl)cc(C=C2CCN(C(=O)C3CCC(C)C3)CC2)c1C. The van der Waals surface area contributed by atoms with Crippen LogP contribution in [0.4, 0.5) is 5.69 Å². The van der Waals surface area contributed by atoms with Crippen LogP contribution in [0.3, 0.4) is 0 Å². The Morgan fingerprint density at radius 1 is 1.28 bits per heavy atom. The summed E-state index contributed by atoms with van der Waals surface area (Å²) < 4.78 is 0. The molecular formula is C21H29ClN2O. The van der Waals surface area contributed by atoms with Crippen molar-refractivity contribution in [1.82, 2.24) is 4.90 Å². The van der Waals surface area contributed by atoms with Crippen molar-refractivity contribution in [3.63, 3.8) is 0 Å². The van der Waals surface area contributed by atoms with Gasteiger partial charge in [0.1, 0.15) is 0 Å². The normalized spacial score (nSPS) is 23.7. The molecule has 0 spiro atoms. The molecule has 0 bridgehead atoms. The van der Waals surface area contributed by atoms with Crippen LogP contribution in [-0.4, -0.2) is 30.9 Å². The fourth-order valence-electron chi connectivity index (χ4n) is 4.18. The van der Waals surface area contributed by atoms with Crippen molar-refractivity contribution in [3.8, 4) is 0 Å². The van der Waals surface area contributed by atoms with Crippen LogP contribution in [0, 0.1) is 18.8 Å². The molecule has 1 aromatic carbocycles. The van der Waals surface area contributed by atoms with E-state index in [1.165, 1.54) is 23.1 Å². The summed E-state index contributed by atoms with van der Waals surface area (Å²) in [6, 6.07) is 3.99. The van der Waals surface area contributed by atoms with Crippen molar-refractivity contribution in [2.24, 2.45) is 11.8 Å². The quantitative estimate of drug-likeness (QED) is 0.810. The van der Waals surface area contributed by atoms with Gasteiger partial charge in [-0.15, -0.1) is 0 Å². The molecule has 1 aliphatic heterocycles. The molecule has 2 atom stereocenters. The topological polar surface area (TPSA) is 32.3 Å². The smallest absolute Gasteiger partial charge is 0.225 e. The third kappa shape index (κ3) is 4.20. The highest BCUT2D eigenvalue weighted by molar-refractivity contribution is 6.31. The van der Waals surface area contributed by atoms with Crippen molar-refractivity contribution in [3.05, 3.63) is 33.9 Å². The first kappa shape index (κ1) is 18.3. The molecule has 1 N–H and O–H groups in total. The number of halogens is 1. The van der Waals surface area contributed by atoms with Gasteiger partial charge in [0, 0.05) is 36.8 Å². The number of piperidine rings is 1. The van der Waals surface area contributed by atoms with Crippen LogP contribution in [-0.2, 0) is 4.79 Å². The Morgan fingerprint density at radius 3 is 2.60 bits per heavy atom. The molecule has 3 rings (SSSR count). The maximum atomic E-state index is 12.7. The molecule has 0 radical (unpaired) electrons. The van der Waals surface area contributed by atoms with Crippen LogP contribution in [0.15, 0.2) is 17.7 Å². The number of hydrogen-bond acceptors (Lipinski definition) is 2. The summed E-state index contributed by atoms with van der Waals surface area (Å²) in [5.74, 6) is 1.37. The second-order valence-corrected chi connectivity index (χ2v) is 8.10. The average Bonchev–Trinajstić information content (AvgIpc) is 3.04. The molecule has 4 heteroatoms. The molecule has 1 aromatic rings. The van der Waals surface area contributed by atoms with Gasteiger partial charge < -0.3 is 10.2 Å². The molecule has 25 heavy (non-hydrogen) atoms. The van der Waals surface area contributed by atoms with E-state index in [9.17, 15) is 4.79 Å². The molecule has 2 fully saturated rings. The van der Waals surface area contributed by atoms with Crippen LogP contribution in [0.2, 0.25) is 5.02 Å². The lowest BCUT2D eigenvalue weighted by molar-refractivity contribution is -0.135. The maximum absolute atomic E-state index is 12.7. The molecule has 1 heterocycles. The van der Waals surface area contributed by atoms with E-state index in [0.29, 0.717) is 11.8 Å². The van der Waals surface area contributed by atoms with Gasteiger partial charge in [0.25, 0.3) is 0 Å². The number of rotatable bonds is 3. The predicted octanol–water partition coefficient (Wildman–Crippen LogP) is 5.13. The molecule has 1 aliphatic carbocycles. The zero-order valence-corrected chi connectivity index (χ0v) is 16.3. The molecule has 1 saturated carbocycles. The first-order chi connectivity index (χ1) is 12.0. The number of carbonyl (C=O) groups excluding carboxylic acids is 1. The Morgan fingerprint density at radius 2 is 2.00 bits per heavy atom. The van der Waals surface area contributed by atoms with Gasteiger partial charge in [-0.1, -0.05) is 30.2 Å². The largest absolute Gasteiger partial charge is 0.388 e. The van der Waals surface area contributed by atoms with E-state index in [1.807, 2.05) is 19.2 Å². The minimum atomic E-state index is 0.272. The second kappa shape index (κ2) is 7.82. The summed E-state index contributed by atoms with van der Waals surface area (Å²) in [4.78, 5) is 14.8. The molecule has 0 aromatic heterocycles. The van der Waals surface area contributed by atoms with Crippen molar-refractivity contribution in [1.29, 1.82) is 0 Å². The molecule has 1 saturated heterocycles. The van der Waals surface area contributed by atoms with Crippen LogP contribution in [0.25, 0.3) is 6.08 Å². The highest BCUT2D eigenvalue weighted by Gasteiger charge is 2.31. The van der Waals surface area contributed by atoms with Crippen molar-refractivity contribution in [2.75, 3.05) is 25.5 Å². The Labute approximate surface area is 156 Å². The minimum Gasteiger partial charge on any atom is -0.388 e. The number of benzene rings is 1. The molecule has 2 unspecified atom stereocenters. The highest BCUT2D eigenvalue weighted by Crippen LogP contribution is 2.33. The minimum absolute atomic E-state index is 0.272. The van der Waals surface area contributed by atoms with Gasteiger partial charge in [-0.25, -0.2) is 0 Å². The third-order valence-corrected chi connectivity index (χ3v) is 6.02. The summed E-state index contributed by atoms with van der Waals surface area (Å²) in [6.07, 6.45) is 7.56. The van der Waals surface area contributed by atoms with E-state index in [-0.39, 0.29) is 5.92 Å². The third-order valence-electron chi connectivity index (χ3n) is 5.80. The van der Waals surface area contributed by atoms with Crippen molar-refractivity contribution < 1.29 is 4.79 Å². The summed E-state index contributed by atoms with van der Waals surface area (Å²) in [5, 5.41) is 3.96. The number of carbonyl (C=O) groups is 1. The Balaban J connectivity index is 1.65. The maximum Gasteiger partial charge on any atom is 0.225 e. The highest BCUT2D eigenvalue weighted by atomic mass is 35.5. The first-order valence-electron chi connectivity index (χ1n) is 9.44. The average molecular weight is 361 g/mol. The number of amides is 1. The van der Waals surface area contributed by atoms with Crippen molar-refractivity contribution >= 4 is 29.3 Å². The van der Waals surface area contributed by atoms with Gasteiger partial charge in [0.2, 0.25) is 5.91 Å². The van der Waals surface area contributed by atoms with E-state index in [4.69, 9.17) is 11.6 Å². The van der Waals surface area contributed by atoms with Gasteiger partial charge in [-0.05, 0) is 68.2 Å². The Bertz CT molecular complexity index is 673. The van der Waals surface area contributed by atoms with Crippen LogP contribution in [0.5, 0.6) is 0 Å². The Kier molecular flexibility index (Phi) is 5.73. The van der Waals surface area contributed by atoms with Gasteiger partial charge in [0.05, 0.1) is 0 Å². The van der Waals surface area contributed by atoms with Gasteiger partial charge in [0.15, 0.2) is 0 Å². The number of nitrogens with one attached hydrogen (secondary N) is 1. The van der Waals surface area contributed by atoms with E-state index < -0.39 is 0 Å². The van der Waals surface area contributed by atoms with Crippen LogP contribution in [0.1, 0.15) is 50.2 Å².